The number of furan rings is 1. The molecule has 0 radical (unpaired) electrons. The van der Waals surface area contributed by atoms with Crippen LogP contribution in [-0.2, 0) is 9.47 Å². The van der Waals surface area contributed by atoms with Gasteiger partial charge in [-0.05, 0) is 40.3 Å². The van der Waals surface area contributed by atoms with Gasteiger partial charge in [-0.3, -0.25) is 4.90 Å². The molecule has 1 aromatic heterocycles. The summed E-state index contributed by atoms with van der Waals surface area (Å²) in [6, 6.07) is 18.6. The molecule has 2 bridgehead atoms. The zero-order chi connectivity index (χ0) is 20.8. The Labute approximate surface area is 180 Å². The number of carbonyl (C=O) groups excluding carboxylic acids is 1. The number of carbonyl (C=O) groups is 1. The summed E-state index contributed by atoms with van der Waals surface area (Å²) in [5.74, 6) is 0.0641. The van der Waals surface area contributed by atoms with Crippen LogP contribution >= 0.6 is 0 Å². The Kier molecular flexibility index (Phi) is 4.42. The minimum atomic E-state index is -0.261. The van der Waals surface area contributed by atoms with Crippen LogP contribution in [0.2, 0.25) is 0 Å². The number of nitrogens with zero attached hydrogens (tertiary/aromatic N) is 1. The molecule has 1 fully saturated rings. The first-order chi connectivity index (χ1) is 15.3. The maximum Gasteiger partial charge on any atom is 0.410 e. The maximum absolute atomic E-state index is 13.2. The summed E-state index contributed by atoms with van der Waals surface area (Å²) in [4.78, 5) is 15.0. The van der Waals surface area contributed by atoms with Crippen LogP contribution in [0.3, 0.4) is 0 Å². The van der Waals surface area contributed by atoms with Crippen LogP contribution < -0.4 is 0 Å². The summed E-state index contributed by atoms with van der Waals surface area (Å²) < 4.78 is 16.9. The molecule has 0 spiro atoms. The number of rotatable bonds is 3. The molecule has 5 heteroatoms. The number of amides is 1. The molecule has 6 rings (SSSR count). The van der Waals surface area contributed by atoms with Crippen LogP contribution in [-0.4, -0.2) is 42.9 Å². The van der Waals surface area contributed by atoms with Crippen molar-refractivity contribution in [3.8, 4) is 11.1 Å². The molecule has 3 heterocycles. The smallest absolute Gasteiger partial charge is 0.410 e. The number of ether oxygens (including phenoxy) is 2. The number of hydrogen-bond acceptors (Lipinski definition) is 4. The van der Waals surface area contributed by atoms with Gasteiger partial charge in [0.2, 0.25) is 0 Å². The van der Waals surface area contributed by atoms with Gasteiger partial charge in [-0.25, -0.2) is 4.79 Å². The third-order valence-electron chi connectivity index (χ3n) is 6.64. The van der Waals surface area contributed by atoms with Gasteiger partial charge in [0.05, 0.1) is 37.8 Å². The van der Waals surface area contributed by atoms with Crippen LogP contribution in [0, 0.1) is 0 Å². The lowest BCUT2D eigenvalue weighted by Gasteiger charge is -2.43. The molecule has 0 N–H and O–H groups in total. The number of hydrogen-bond donors (Lipinski definition) is 0. The Bertz CT molecular complexity index is 1100. The Morgan fingerprint density at radius 3 is 2.42 bits per heavy atom. The third-order valence-corrected chi connectivity index (χ3v) is 6.64. The maximum atomic E-state index is 13.2. The van der Waals surface area contributed by atoms with Gasteiger partial charge >= 0.3 is 6.09 Å². The van der Waals surface area contributed by atoms with Gasteiger partial charge < -0.3 is 13.9 Å². The van der Waals surface area contributed by atoms with E-state index in [1.807, 2.05) is 23.1 Å². The molecule has 31 heavy (non-hydrogen) atoms. The molecular weight excluding hydrogens is 390 g/mol. The van der Waals surface area contributed by atoms with E-state index in [1.165, 1.54) is 27.8 Å². The monoisotopic (exact) mass is 413 g/mol. The van der Waals surface area contributed by atoms with E-state index < -0.39 is 0 Å². The van der Waals surface area contributed by atoms with E-state index in [1.54, 1.807) is 12.5 Å². The molecule has 2 aliphatic heterocycles. The van der Waals surface area contributed by atoms with Crippen molar-refractivity contribution >= 4 is 11.7 Å². The van der Waals surface area contributed by atoms with Crippen molar-refractivity contribution in [2.75, 3.05) is 19.8 Å². The van der Waals surface area contributed by atoms with Crippen molar-refractivity contribution in [1.29, 1.82) is 0 Å². The van der Waals surface area contributed by atoms with Crippen molar-refractivity contribution in [1.82, 2.24) is 4.90 Å². The first-order valence-corrected chi connectivity index (χ1v) is 10.7. The van der Waals surface area contributed by atoms with Crippen molar-refractivity contribution < 1.29 is 18.7 Å². The molecule has 2 unspecified atom stereocenters. The Morgan fingerprint density at radius 2 is 1.74 bits per heavy atom. The summed E-state index contributed by atoms with van der Waals surface area (Å²) in [6.07, 6.45) is 6.02. The van der Waals surface area contributed by atoms with Crippen molar-refractivity contribution in [2.45, 2.75) is 24.4 Å². The minimum absolute atomic E-state index is 0.0238. The third kappa shape index (κ3) is 3.08. The molecule has 2 atom stereocenters. The second-order valence-electron chi connectivity index (χ2n) is 8.38. The van der Waals surface area contributed by atoms with Crippen LogP contribution in [0.25, 0.3) is 16.7 Å². The van der Waals surface area contributed by atoms with Crippen LogP contribution in [0.4, 0.5) is 4.79 Å². The molecule has 2 aromatic carbocycles. The highest BCUT2D eigenvalue weighted by atomic mass is 16.6. The number of benzene rings is 2. The lowest BCUT2D eigenvalue weighted by Crippen LogP contribution is -2.56. The van der Waals surface area contributed by atoms with E-state index in [4.69, 9.17) is 13.9 Å². The first-order valence-electron chi connectivity index (χ1n) is 10.7. The Morgan fingerprint density at radius 1 is 1.00 bits per heavy atom. The van der Waals surface area contributed by atoms with Gasteiger partial charge in [0.25, 0.3) is 0 Å². The second-order valence-corrected chi connectivity index (χ2v) is 8.38. The van der Waals surface area contributed by atoms with Gasteiger partial charge in [-0.2, -0.15) is 0 Å². The second kappa shape index (κ2) is 7.43. The normalized spacial score (nSPS) is 21.9. The molecule has 5 nitrogen and oxygen atoms in total. The van der Waals surface area contributed by atoms with Crippen LogP contribution in [0.5, 0.6) is 0 Å². The highest BCUT2D eigenvalue weighted by Crippen LogP contribution is 2.44. The SMILES string of the molecule is O=C(OCC1c2ccccc2-c2ccccc21)N1C2C=C(c3ccoc3)CC1COC2. The van der Waals surface area contributed by atoms with E-state index in [9.17, 15) is 4.79 Å². The van der Waals surface area contributed by atoms with Crippen molar-refractivity contribution in [3.05, 3.63) is 89.9 Å². The van der Waals surface area contributed by atoms with E-state index in [0.717, 1.165) is 12.0 Å². The van der Waals surface area contributed by atoms with Crippen LogP contribution in [0.15, 0.2) is 77.6 Å². The molecule has 3 aromatic rings. The molecular formula is C26H23NO4. The zero-order valence-electron chi connectivity index (χ0n) is 17.1. The fourth-order valence-corrected chi connectivity index (χ4v) is 5.21. The fourth-order valence-electron chi connectivity index (χ4n) is 5.21. The number of fused-ring (bicyclic) bond motifs is 5. The summed E-state index contributed by atoms with van der Waals surface area (Å²) in [7, 11) is 0. The van der Waals surface area contributed by atoms with Crippen molar-refractivity contribution in [2.24, 2.45) is 0 Å². The summed E-state index contributed by atoms with van der Waals surface area (Å²) in [6.45, 7) is 1.35. The van der Waals surface area contributed by atoms with E-state index in [-0.39, 0.29) is 24.1 Å². The lowest BCUT2D eigenvalue weighted by molar-refractivity contribution is -0.0331. The fraction of sp³-hybridized carbons (Fsp3) is 0.269. The summed E-state index contributed by atoms with van der Waals surface area (Å²) >= 11 is 0. The van der Waals surface area contributed by atoms with Gasteiger partial charge in [-0.15, -0.1) is 0 Å². The average Bonchev–Trinajstić information content (AvgIpc) is 3.44. The molecule has 0 saturated carbocycles. The Hall–Kier alpha value is -3.31. The van der Waals surface area contributed by atoms with Crippen molar-refractivity contribution in [3.63, 3.8) is 0 Å². The number of morpholine rings is 1. The topological polar surface area (TPSA) is 51.9 Å². The minimum Gasteiger partial charge on any atom is -0.472 e. The van der Waals surface area contributed by atoms with E-state index >= 15 is 0 Å². The van der Waals surface area contributed by atoms with Gasteiger partial charge in [0, 0.05) is 11.5 Å². The van der Waals surface area contributed by atoms with Gasteiger partial charge in [0.1, 0.15) is 6.61 Å². The van der Waals surface area contributed by atoms with Gasteiger partial charge in [0.15, 0.2) is 0 Å². The quantitative estimate of drug-likeness (QED) is 0.601. The van der Waals surface area contributed by atoms with Crippen LogP contribution in [0.1, 0.15) is 29.0 Å². The molecule has 1 amide bonds. The molecule has 156 valence electrons. The molecule has 1 aliphatic carbocycles. The highest BCUT2D eigenvalue weighted by molar-refractivity contribution is 5.79. The highest BCUT2D eigenvalue weighted by Gasteiger charge is 2.40. The molecule has 1 saturated heterocycles. The first kappa shape index (κ1) is 18.5. The summed E-state index contributed by atoms with van der Waals surface area (Å²) in [5, 5.41) is 0. The molecule has 3 aliphatic rings. The van der Waals surface area contributed by atoms with E-state index in [0.29, 0.717) is 19.8 Å². The van der Waals surface area contributed by atoms with E-state index in [2.05, 4.69) is 42.5 Å². The predicted molar refractivity (Wildman–Crippen MR) is 117 cm³/mol. The lowest BCUT2D eigenvalue weighted by atomic mass is 9.91. The predicted octanol–water partition coefficient (Wildman–Crippen LogP) is 5.09. The van der Waals surface area contributed by atoms with Gasteiger partial charge in [-0.1, -0.05) is 54.6 Å². The largest absolute Gasteiger partial charge is 0.472 e. The average molecular weight is 413 g/mol. The standard InChI is InChI=1S/C26H23NO4/c28-26(27-19-11-18(17-9-10-29-13-17)12-20(27)15-30-14-19)31-16-25-23-7-3-1-5-21(23)22-6-2-4-8-24(22)25/h1-11,13,19-20,25H,12,14-16H2. The Balaban J connectivity index is 1.22. The summed E-state index contributed by atoms with van der Waals surface area (Å²) in [5.41, 5.74) is 7.19. The zero-order valence-corrected chi connectivity index (χ0v) is 17.1.